The van der Waals surface area contributed by atoms with Gasteiger partial charge in [-0.15, -0.1) is 0 Å². The zero-order chi connectivity index (χ0) is 9.26. The van der Waals surface area contributed by atoms with Crippen molar-refractivity contribution >= 4 is 0 Å². The van der Waals surface area contributed by atoms with E-state index in [0.29, 0.717) is 11.5 Å². The van der Waals surface area contributed by atoms with E-state index in [9.17, 15) is 0 Å². The summed E-state index contributed by atoms with van der Waals surface area (Å²) in [5.74, 6) is 0.628. The number of fused-ring (bicyclic) bond motifs is 1. The smallest absolute Gasteiger partial charge is 0.101 e. The van der Waals surface area contributed by atoms with Crippen LogP contribution in [0.15, 0.2) is 12.3 Å². The van der Waals surface area contributed by atoms with Gasteiger partial charge >= 0.3 is 0 Å². The Morgan fingerprint density at radius 2 is 2.54 bits per heavy atom. The summed E-state index contributed by atoms with van der Waals surface area (Å²) in [4.78, 5) is 4.36. The normalized spacial score (nSPS) is 19.5. The van der Waals surface area contributed by atoms with Crippen molar-refractivity contribution in [3.05, 3.63) is 29.1 Å². The zero-order valence-corrected chi connectivity index (χ0v) is 7.75. The van der Waals surface area contributed by atoms with E-state index in [0.717, 1.165) is 12.8 Å². The van der Waals surface area contributed by atoms with Crippen molar-refractivity contribution in [3.63, 3.8) is 0 Å². The van der Waals surface area contributed by atoms with Gasteiger partial charge in [-0.1, -0.05) is 6.92 Å². The molecule has 0 fully saturated rings. The van der Waals surface area contributed by atoms with Gasteiger partial charge < -0.3 is 0 Å². The Hall–Kier alpha value is -1.36. The van der Waals surface area contributed by atoms with Crippen LogP contribution in [0.5, 0.6) is 0 Å². The van der Waals surface area contributed by atoms with E-state index >= 15 is 0 Å². The van der Waals surface area contributed by atoms with Crippen LogP contribution in [0.25, 0.3) is 0 Å². The lowest BCUT2D eigenvalue weighted by Gasteiger charge is -2.05. The van der Waals surface area contributed by atoms with Gasteiger partial charge in [0, 0.05) is 17.8 Å². The molecule has 13 heavy (non-hydrogen) atoms. The van der Waals surface area contributed by atoms with Crippen molar-refractivity contribution in [1.29, 1.82) is 5.26 Å². The highest BCUT2D eigenvalue weighted by molar-refractivity contribution is 5.37. The Bertz CT molecular complexity index is 363. The van der Waals surface area contributed by atoms with Gasteiger partial charge in [-0.3, -0.25) is 4.98 Å². The first-order valence-electron chi connectivity index (χ1n) is 4.74. The number of aromatic nitrogens is 1. The predicted octanol–water partition coefficient (Wildman–Crippen LogP) is 2.39. The molecule has 0 amide bonds. The van der Waals surface area contributed by atoms with Crippen LogP contribution in [0.4, 0.5) is 0 Å². The van der Waals surface area contributed by atoms with Gasteiger partial charge in [0.05, 0.1) is 5.56 Å². The highest BCUT2D eigenvalue weighted by Gasteiger charge is 2.22. The molecule has 0 aliphatic heterocycles. The standard InChI is InChI=1S/C11H12N2/c1-2-9-3-4-10-5-8(6-12)7-13-11(9)10/h5,7,9H,2-4H2,1H3. The molecule has 0 bridgehead atoms. The first-order chi connectivity index (χ1) is 6.35. The van der Waals surface area contributed by atoms with E-state index in [-0.39, 0.29) is 0 Å². The third-order valence-electron chi connectivity index (χ3n) is 2.77. The van der Waals surface area contributed by atoms with Gasteiger partial charge in [-0.05, 0) is 30.9 Å². The van der Waals surface area contributed by atoms with Crippen LogP contribution >= 0.6 is 0 Å². The zero-order valence-electron chi connectivity index (χ0n) is 7.75. The summed E-state index contributed by atoms with van der Waals surface area (Å²) in [6, 6.07) is 4.11. The van der Waals surface area contributed by atoms with E-state index in [1.54, 1.807) is 6.20 Å². The van der Waals surface area contributed by atoms with Crippen molar-refractivity contribution in [2.45, 2.75) is 32.1 Å². The summed E-state index contributed by atoms with van der Waals surface area (Å²) in [5.41, 5.74) is 3.20. The van der Waals surface area contributed by atoms with E-state index in [1.165, 1.54) is 17.7 Å². The third kappa shape index (κ3) is 1.31. The summed E-state index contributed by atoms with van der Waals surface area (Å²) >= 11 is 0. The molecule has 1 heterocycles. The molecule has 0 saturated carbocycles. The molecule has 1 aliphatic rings. The molecule has 1 unspecified atom stereocenters. The maximum absolute atomic E-state index is 8.70. The van der Waals surface area contributed by atoms with E-state index in [2.05, 4.69) is 18.0 Å². The van der Waals surface area contributed by atoms with Gasteiger partial charge in [-0.25, -0.2) is 0 Å². The van der Waals surface area contributed by atoms with Crippen molar-refractivity contribution in [1.82, 2.24) is 4.98 Å². The number of pyridine rings is 1. The maximum atomic E-state index is 8.70. The van der Waals surface area contributed by atoms with E-state index < -0.39 is 0 Å². The van der Waals surface area contributed by atoms with Crippen LogP contribution in [0.1, 0.15) is 42.5 Å². The molecule has 0 saturated heterocycles. The number of rotatable bonds is 1. The molecular formula is C11H12N2. The minimum atomic E-state index is 0.628. The second-order valence-electron chi connectivity index (χ2n) is 3.52. The number of nitrogens with zero attached hydrogens (tertiary/aromatic N) is 2. The monoisotopic (exact) mass is 172 g/mol. The van der Waals surface area contributed by atoms with Crippen LogP contribution < -0.4 is 0 Å². The van der Waals surface area contributed by atoms with Gasteiger partial charge in [0.2, 0.25) is 0 Å². The summed E-state index contributed by atoms with van der Waals surface area (Å²) < 4.78 is 0. The molecule has 1 aromatic rings. The Labute approximate surface area is 78.2 Å². The lowest BCUT2D eigenvalue weighted by molar-refractivity contribution is 0.642. The largest absolute Gasteiger partial charge is 0.259 e. The summed E-state index contributed by atoms with van der Waals surface area (Å²) in [5, 5.41) is 8.70. The van der Waals surface area contributed by atoms with Crippen molar-refractivity contribution in [3.8, 4) is 6.07 Å². The van der Waals surface area contributed by atoms with E-state index in [4.69, 9.17) is 5.26 Å². The van der Waals surface area contributed by atoms with Crippen molar-refractivity contribution in [2.24, 2.45) is 0 Å². The van der Waals surface area contributed by atoms with Crippen LogP contribution in [0, 0.1) is 11.3 Å². The fraction of sp³-hybridized carbons (Fsp3) is 0.455. The second kappa shape index (κ2) is 3.18. The fourth-order valence-electron chi connectivity index (χ4n) is 2.01. The highest BCUT2D eigenvalue weighted by atomic mass is 14.7. The molecule has 66 valence electrons. The molecule has 2 heteroatoms. The number of nitriles is 1. The summed E-state index contributed by atoms with van der Waals surface area (Å²) in [6.07, 6.45) is 5.14. The van der Waals surface area contributed by atoms with Crippen molar-refractivity contribution < 1.29 is 0 Å². The van der Waals surface area contributed by atoms with Crippen molar-refractivity contribution in [2.75, 3.05) is 0 Å². The van der Waals surface area contributed by atoms with Gasteiger partial charge in [0.25, 0.3) is 0 Å². The van der Waals surface area contributed by atoms with Gasteiger partial charge in [-0.2, -0.15) is 5.26 Å². The molecule has 1 atom stereocenters. The molecule has 0 radical (unpaired) electrons. The quantitative estimate of drug-likeness (QED) is 0.652. The molecule has 2 rings (SSSR count). The molecule has 0 N–H and O–H groups in total. The lowest BCUT2D eigenvalue weighted by atomic mass is 10.0. The van der Waals surface area contributed by atoms with Crippen LogP contribution in [0.3, 0.4) is 0 Å². The summed E-state index contributed by atoms with van der Waals surface area (Å²) in [6.45, 7) is 2.19. The van der Waals surface area contributed by atoms with E-state index in [1.807, 2.05) is 6.07 Å². The SMILES string of the molecule is CCC1CCc2cc(C#N)cnc21. The first kappa shape index (κ1) is 8.25. The molecular weight excluding hydrogens is 160 g/mol. The van der Waals surface area contributed by atoms with Crippen LogP contribution in [-0.2, 0) is 6.42 Å². The van der Waals surface area contributed by atoms with Crippen LogP contribution in [0.2, 0.25) is 0 Å². The topological polar surface area (TPSA) is 36.7 Å². The third-order valence-corrected chi connectivity index (χ3v) is 2.77. The lowest BCUT2D eigenvalue weighted by Crippen LogP contribution is -1.95. The highest BCUT2D eigenvalue weighted by Crippen LogP contribution is 2.33. The predicted molar refractivity (Wildman–Crippen MR) is 50.3 cm³/mol. The minimum Gasteiger partial charge on any atom is -0.259 e. The number of aryl methyl sites for hydroxylation is 1. The maximum Gasteiger partial charge on any atom is 0.101 e. The average molecular weight is 172 g/mol. The molecule has 1 aliphatic carbocycles. The second-order valence-corrected chi connectivity index (χ2v) is 3.52. The first-order valence-corrected chi connectivity index (χ1v) is 4.74. The molecule has 0 aromatic carbocycles. The van der Waals surface area contributed by atoms with Crippen LogP contribution in [-0.4, -0.2) is 4.98 Å². The van der Waals surface area contributed by atoms with Gasteiger partial charge in [0.15, 0.2) is 0 Å². The Kier molecular flexibility index (Phi) is 2.02. The average Bonchev–Trinajstić information content (AvgIpc) is 2.59. The molecule has 0 spiro atoms. The number of hydrogen-bond acceptors (Lipinski definition) is 2. The summed E-state index contributed by atoms with van der Waals surface area (Å²) in [7, 11) is 0. The number of hydrogen-bond donors (Lipinski definition) is 0. The molecule has 1 aromatic heterocycles. The Morgan fingerprint density at radius 1 is 1.69 bits per heavy atom. The fourth-order valence-corrected chi connectivity index (χ4v) is 2.01. The Morgan fingerprint density at radius 3 is 3.23 bits per heavy atom. The van der Waals surface area contributed by atoms with Gasteiger partial charge in [0.1, 0.15) is 6.07 Å². The minimum absolute atomic E-state index is 0.628. The Balaban J connectivity index is 2.41. The molecule has 2 nitrogen and oxygen atoms in total.